The molecular weight excluding hydrogens is 699 g/mol. The predicted molar refractivity (Wildman–Crippen MR) is 236 cm³/mol. The summed E-state index contributed by atoms with van der Waals surface area (Å²) in [5, 5.41) is 0.827. The molecule has 0 aliphatic carbocycles. The standard InChI is InChI=1S/C51H47N5O/c1-33-16-15-17-34(2)49(33)40-19-10-11-20-42(40)55-32-54(44-22-13-14-23-45(44)55)37-26-36(51(6,7)8)27-38(29-37)57-48-30-46-41(31-53-48)39-18-9-12-21-43(39)56(46)47-28-35(24-25-52-47)50(3,4)5/h9-31H,1-8H3/q+2/i1D3,2D3,9D,12D,18D,21D. The maximum Gasteiger partial charge on any atom is 0.503 e. The van der Waals surface area contributed by atoms with Crippen molar-refractivity contribution < 1.29 is 18.4 Å². The number of hydrogen-bond acceptors (Lipinski definition) is 3. The number of fused-ring (bicyclic) bond motifs is 4. The molecule has 4 heterocycles. The molecule has 0 bridgehead atoms. The van der Waals surface area contributed by atoms with E-state index in [1.54, 1.807) is 35.2 Å². The second kappa shape index (κ2) is 13.5. The number of ether oxygens (including phenoxy) is 1. The van der Waals surface area contributed by atoms with Gasteiger partial charge in [0.25, 0.3) is 11.4 Å². The highest BCUT2D eigenvalue weighted by Gasteiger charge is 2.38. The minimum atomic E-state index is -2.61. The van der Waals surface area contributed by atoms with E-state index < -0.39 is 13.7 Å². The summed E-state index contributed by atoms with van der Waals surface area (Å²) in [5.74, 6) is 1.13. The molecule has 3 aromatic heterocycles. The maximum atomic E-state index is 9.04. The molecule has 8 aromatic rings. The van der Waals surface area contributed by atoms with Crippen LogP contribution < -0.4 is 13.9 Å². The van der Waals surface area contributed by atoms with Gasteiger partial charge < -0.3 is 4.74 Å². The van der Waals surface area contributed by atoms with E-state index in [2.05, 4.69) is 47.6 Å². The monoisotopic (exact) mass is 755 g/mol. The van der Waals surface area contributed by atoms with Gasteiger partial charge in [0.2, 0.25) is 17.3 Å². The van der Waals surface area contributed by atoms with Gasteiger partial charge in [-0.15, -0.1) is 0 Å². The van der Waals surface area contributed by atoms with Crippen LogP contribution in [0.4, 0.5) is 22.7 Å². The number of aromatic nitrogens is 3. The van der Waals surface area contributed by atoms with E-state index in [1.807, 2.05) is 75.9 Å². The number of pyridine rings is 2. The molecule has 0 amide bonds. The summed E-state index contributed by atoms with van der Waals surface area (Å²) in [5.41, 5.74) is 5.22. The molecule has 6 heteroatoms. The van der Waals surface area contributed by atoms with Crippen LogP contribution >= 0.6 is 0 Å². The summed E-state index contributed by atoms with van der Waals surface area (Å²) < 4.78 is 97.7. The topological polar surface area (TPSA) is 46.0 Å². The van der Waals surface area contributed by atoms with Crippen molar-refractivity contribution >= 4 is 50.6 Å². The number of nitrogens with zero attached hydrogens (tertiary/aromatic N) is 5. The Morgan fingerprint density at radius 1 is 0.667 bits per heavy atom. The van der Waals surface area contributed by atoms with Crippen molar-refractivity contribution in [3.63, 3.8) is 0 Å². The lowest BCUT2D eigenvalue weighted by Crippen LogP contribution is -2.12. The van der Waals surface area contributed by atoms with Crippen LogP contribution in [0, 0.1) is 13.7 Å². The summed E-state index contributed by atoms with van der Waals surface area (Å²) in [6.45, 7) is 7.33. The Labute approximate surface area is 348 Å². The molecule has 6 nitrogen and oxygen atoms in total. The fourth-order valence-corrected chi connectivity index (χ4v) is 7.37. The van der Waals surface area contributed by atoms with Gasteiger partial charge in [0, 0.05) is 61.7 Å². The van der Waals surface area contributed by atoms with E-state index in [0.29, 0.717) is 44.8 Å². The second-order valence-electron chi connectivity index (χ2n) is 16.3. The Balaban J connectivity index is 1.24. The number of aryl methyl sites for hydroxylation is 2. The van der Waals surface area contributed by atoms with Gasteiger partial charge in [-0.2, -0.15) is 0 Å². The predicted octanol–water partition coefficient (Wildman–Crippen LogP) is 13.1. The first-order valence-corrected chi connectivity index (χ1v) is 18.8. The van der Waals surface area contributed by atoms with Crippen molar-refractivity contribution in [2.45, 2.75) is 66.1 Å². The van der Waals surface area contributed by atoms with Gasteiger partial charge in [-0.1, -0.05) is 102 Å². The van der Waals surface area contributed by atoms with E-state index >= 15 is 0 Å². The number of para-hydroxylation sites is 4. The zero-order valence-electron chi connectivity index (χ0n) is 42.6. The Morgan fingerprint density at radius 2 is 1.37 bits per heavy atom. The molecule has 9 rings (SSSR count). The van der Waals surface area contributed by atoms with Crippen molar-refractivity contribution in [1.82, 2.24) is 23.7 Å². The molecule has 0 fully saturated rings. The number of hydrogen-bond donors (Lipinski definition) is 0. The van der Waals surface area contributed by atoms with Crippen molar-refractivity contribution in [3.05, 3.63) is 162 Å². The summed E-state index contributed by atoms with van der Waals surface area (Å²) in [4.78, 5) is 9.41. The van der Waals surface area contributed by atoms with Crippen LogP contribution in [0.25, 0.3) is 38.8 Å². The number of benzene rings is 5. The quantitative estimate of drug-likeness (QED) is 0.159. The van der Waals surface area contributed by atoms with Crippen LogP contribution in [-0.4, -0.2) is 20.5 Å². The summed E-state index contributed by atoms with van der Waals surface area (Å²) in [7, 11) is 0. The van der Waals surface area contributed by atoms with E-state index in [0.717, 1.165) is 22.5 Å². The molecule has 280 valence electrons. The highest BCUT2D eigenvalue weighted by atomic mass is 16.5. The Kier molecular flexibility index (Phi) is 6.24. The van der Waals surface area contributed by atoms with Gasteiger partial charge in [0.1, 0.15) is 11.6 Å². The molecule has 57 heavy (non-hydrogen) atoms. The second-order valence-corrected chi connectivity index (χ2v) is 16.3. The highest BCUT2D eigenvalue weighted by molar-refractivity contribution is 6.09. The largest absolute Gasteiger partial charge is 0.503 e. The molecule has 0 atom stereocenters. The van der Waals surface area contributed by atoms with Crippen LogP contribution in [0.1, 0.15) is 77.5 Å². The van der Waals surface area contributed by atoms with Gasteiger partial charge in [-0.25, -0.2) is 9.97 Å². The highest BCUT2D eigenvalue weighted by Crippen LogP contribution is 2.43. The lowest BCUT2D eigenvalue weighted by molar-refractivity contribution is 0.460. The molecular formula is C51H47N5O+2. The van der Waals surface area contributed by atoms with E-state index in [4.69, 9.17) is 28.4 Å². The smallest absolute Gasteiger partial charge is 0.439 e. The van der Waals surface area contributed by atoms with Crippen molar-refractivity contribution in [3.8, 4) is 28.6 Å². The van der Waals surface area contributed by atoms with Crippen molar-refractivity contribution in [2.24, 2.45) is 0 Å². The minimum absolute atomic E-state index is 0.0676. The van der Waals surface area contributed by atoms with E-state index in [9.17, 15) is 0 Å². The summed E-state index contributed by atoms with van der Waals surface area (Å²) in [6.07, 6.45) is 3.27. The van der Waals surface area contributed by atoms with Crippen LogP contribution in [0.2, 0.25) is 0 Å². The van der Waals surface area contributed by atoms with Crippen molar-refractivity contribution in [1.29, 1.82) is 0 Å². The van der Waals surface area contributed by atoms with E-state index in [-0.39, 0.29) is 63.1 Å². The lowest BCUT2D eigenvalue weighted by Gasteiger charge is -2.20. The fourth-order valence-electron chi connectivity index (χ4n) is 7.37. The third kappa shape index (κ3) is 6.42. The molecule has 0 spiro atoms. The first-order chi connectivity index (χ1) is 31.4. The first-order valence-electron chi connectivity index (χ1n) is 23.8. The van der Waals surface area contributed by atoms with Crippen LogP contribution in [0.3, 0.4) is 0 Å². The van der Waals surface area contributed by atoms with Gasteiger partial charge >= 0.3 is 6.01 Å². The average Bonchev–Trinajstić information content (AvgIpc) is 3.83. The van der Waals surface area contributed by atoms with Crippen LogP contribution in [0.5, 0.6) is 11.6 Å². The molecule has 1 aliphatic rings. The SMILES string of the molecule is [2H]c1c([2H])c([2H])c2c(c1[2H])c1cnc(Oc3cc([N+]4=C=[N+](c5ccccc5-c5c(C([2H])([2H])[2H])cccc5C([2H])([2H])[2H])c5ccccc54)cc(C(C)(C)C)c3)cc1n2-c1cc(C(C)(C)C)ccn1. The molecule has 0 N–H and O–H groups in total. The zero-order valence-corrected chi connectivity index (χ0v) is 32.6. The van der Waals surface area contributed by atoms with Gasteiger partial charge in [-0.05, 0) is 91.8 Å². The van der Waals surface area contributed by atoms with Gasteiger partial charge in [-0.3, -0.25) is 4.57 Å². The Bertz CT molecular complexity index is 3390. The lowest BCUT2D eigenvalue weighted by atomic mass is 9.86. The normalized spacial score (nSPS) is 15.8. The van der Waals surface area contributed by atoms with Crippen LogP contribution in [-0.2, 0) is 10.8 Å². The van der Waals surface area contributed by atoms with E-state index in [1.165, 1.54) is 18.2 Å². The molecule has 0 saturated carbocycles. The number of rotatable bonds is 6. The average molecular weight is 756 g/mol. The summed E-state index contributed by atoms with van der Waals surface area (Å²) >= 11 is 0. The molecule has 0 saturated heterocycles. The maximum absolute atomic E-state index is 9.04. The molecule has 5 aromatic carbocycles. The van der Waals surface area contributed by atoms with Crippen molar-refractivity contribution in [2.75, 3.05) is 0 Å². The zero-order chi connectivity index (χ0) is 48.1. The third-order valence-electron chi connectivity index (χ3n) is 10.4. The molecule has 1 aliphatic heterocycles. The summed E-state index contributed by atoms with van der Waals surface area (Å²) in [6, 6.07) is 33.1. The Morgan fingerprint density at radius 3 is 2.11 bits per heavy atom. The van der Waals surface area contributed by atoms with Gasteiger partial charge in [0.05, 0.1) is 28.1 Å². The Hall–Kier alpha value is -6.62. The van der Waals surface area contributed by atoms with Crippen LogP contribution in [0.15, 0.2) is 140 Å². The third-order valence-corrected chi connectivity index (χ3v) is 10.4. The fraction of sp³-hybridized carbons (Fsp3) is 0.196. The molecule has 0 unspecified atom stereocenters. The molecule has 0 radical (unpaired) electrons. The minimum Gasteiger partial charge on any atom is -0.439 e. The first kappa shape index (κ1) is 26.3. The van der Waals surface area contributed by atoms with Gasteiger partial charge in [0.15, 0.2) is 0 Å².